The summed E-state index contributed by atoms with van der Waals surface area (Å²) in [6.07, 6.45) is 3.37. The van der Waals surface area contributed by atoms with E-state index in [1.165, 1.54) is 11.8 Å². The molecule has 0 fully saturated rings. The first-order valence-electron chi connectivity index (χ1n) is 6.76. The van der Waals surface area contributed by atoms with Crippen LogP contribution in [-0.4, -0.2) is 39.8 Å². The van der Waals surface area contributed by atoms with E-state index in [0.29, 0.717) is 24.2 Å². The second-order valence-corrected chi connectivity index (χ2v) is 5.33. The fraction of sp³-hybridized carbons (Fsp3) is 0.188. The predicted octanol–water partition coefficient (Wildman–Crippen LogP) is 3.03. The molecular formula is C16H17N3O2S. The molecule has 2 rings (SSSR count). The number of carbonyl (C=O) groups excluding carboxylic acids is 1. The lowest BCUT2D eigenvalue weighted by Gasteiger charge is -2.18. The topological polar surface area (TPSA) is 59.2 Å². The van der Waals surface area contributed by atoms with E-state index in [9.17, 15) is 4.79 Å². The van der Waals surface area contributed by atoms with Crippen LogP contribution in [0, 0.1) is 0 Å². The van der Waals surface area contributed by atoms with Gasteiger partial charge in [-0.15, -0.1) is 23.4 Å². The molecular weight excluding hydrogens is 298 g/mol. The minimum Gasteiger partial charge on any atom is -0.411 e. The Hall–Kier alpha value is -2.34. The zero-order valence-electron chi connectivity index (χ0n) is 12.1. The Morgan fingerprint density at radius 3 is 2.50 bits per heavy atom. The first kappa shape index (κ1) is 16.0. The first-order valence-corrected chi connectivity index (χ1v) is 7.74. The molecule has 0 saturated carbocycles. The van der Waals surface area contributed by atoms with Gasteiger partial charge < -0.3 is 9.32 Å². The first-order chi connectivity index (χ1) is 10.7. The Labute approximate surface area is 133 Å². The molecule has 0 radical (unpaired) electrons. The van der Waals surface area contributed by atoms with E-state index in [-0.39, 0.29) is 11.7 Å². The van der Waals surface area contributed by atoms with Gasteiger partial charge in [0.25, 0.3) is 5.22 Å². The number of rotatable bonds is 8. The van der Waals surface area contributed by atoms with Crippen LogP contribution < -0.4 is 0 Å². The van der Waals surface area contributed by atoms with Crippen LogP contribution in [0.3, 0.4) is 0 Å². The Bertz CT molecular complexity index is 630. The Morgan fingerprint density at radius 2 is 1.86 bits per heavy atom. The lowest BCUT2D eigenvalue weighted by molar-refractivity contribution is -0.127. The predicted molar refractivity (Wildman–Crippen MR) is 87.4 cm³/mol. The Balaban J connectivity index is 1.94. The molecule has 0 unspecified atom stereocenters. The number of nitrogens with zero attached hydrogens (tertiary/aromatic N) is 3. The van der Waals surface area contributed by atoms with Crippen LogP contribution in [0.2, 0.25) is 0 Å². The van der Waals surface area contributed by atoms with E-state index in [4.69, 9.17) is 4.42 Å². The summed E-state index contributed by atoms with van der Waals surface area (Å²) in [5.41, 5.74) is 0.855. The van der Waals surface area contributed by atoms with Gasteiger partial charge in [-0.1, -0.05) is 42.1 Å². The number of aromatic nitrogens is 2. The van der Waals surface area contributed by atoms with E-state index < -0.39 is 0 Å². The third kappa shape index (κ3) is 4.33. The van der Waals surface area contributed by atoms with Crippen LogP contribution in [0.1, 0.15) is 0 Å². The molecule has 0 bridgehead atoms. The molecule has 1 aromatic heterocycles. The van der Waals surface area contributed by atoms with E-state index in [0.717, 1.165) is 5.56 Å². The average Bonchev–Trinajstić information content (AvgIpc) is 3.02. The number of carbonyl (C=O) groups is 1. The molecule has 22 heavy (non-hydrogen) atoms. The van der Waals surface area contributed by atoms with Gasteiger partial charge in [-0.2, -0.15) is 0 Å². The minimum atomic E-state index is -0.0238. The average molecular weight is 315 g/mol. The molecule has 1 aromatic carbocycles. The lowest BCUT2D eigenvalue weighted by Crippen LogP contribution is -2.32. The number of amides is 1. The molecule has 0 aliphatic rings. The number of thioether (sulfide) groups is 1. The van der Waals surface area contributed by atoms with Crippen LogP contribution >= 0.6 is 11.8 Å². The van der Waals surface area contributed by atoms with Gasteiger partial charge in [0, 0.05) is 18.7 Å². The van der Waals surface area contributed by atoms with E-state index in [1.54, 1.807) is 17.1 Å². The summed E-state index contributed by atoms with van der Waals surface area (Å²) in [6.45, 7) is 8.27. The van der Waals surface area contributed by atoms with E-state index >= 15 is 0 Å². The van der Waals surface area contributed by atoms with Gasteiger partial charge in [-0.25, -0.2) is 0 Å². The van der Waals surface area contributed by atoms with Crippen molar-refractivity contribution < 1.29 is 9.21 Å². The molecule has 2 aromatic rings. The summed E-state index contributed by atoms with van der Waals surface area (Å²) in [4.78, 5) is 13.7. The van der Waals surface area contributed by atoms with Crippen molar-refractivity contribution in [1.29, 1.82) is 0 Å². The summed E-state index contributed by atoms with van der Waals surface area (Å²) >= 11 is 1.22. The summed E-state index contributed by atoms with van der Waals surface area (Å²) < 4.78 is 5.55. The van der Waals surface area contributed by atoms with Gasteiger partial charge >= 0.3 is 0 Å². The monoisotopic (exact) mass is 315 g/mol. The van der Waals surface area contributed by atoms with Gasteiger partial charge in [-0.3, -0.25) is 4.79 Å². The van der Waals surface area contributed by atoms with Crippen LogP contribution in [0.15, 0.2) is 65.3 Å². The highest BCUT2D eigenvalue weighted by atomic mass is 32.2. The second-order valence-electron chi connectivity index (χ2n) is 4.40. The van der Waals surface area contributed by atoms with Crippen LogP contribution in [0.5, 0.6) is 0 Å². The van der Waals surface area contributed by atoms with Gasteiger partial charge in [0.1, 0.15) is 0 Å². The highest BCUT2D eigenvalue weighted by Gasteiger charge is 2.14. The molecule has 5 nitrogen and oxygen atoms in total. The van der Waals surface area contributed by atoms with Crippen molar-refractivity contribution in [3.63, 3.8) is 0 Å². The van der Waals surface area contributed by atoms with Gasteiger partial charge in [0.2, 0.25) is 11.8 Å². The molecule has 0 aliphatic heterocycles. The molecule has 0 saturated heterocycles. The second kappa shape index (κ2) is 8.19. The zero-order valence-corrected chi connectivity index (χ0v) is 13.0. The fourth-order valence-corrected chi connectivity index (χ4v) is 2.44. The maximum absolute atomic E-state index is 12.1. The van der Waals surface area contributed by atoms with Crippen molar-refractivity contribution >= 4 is 17.7 Å². The third-order valence-corrected chi connectivity index (χ3v) is 3.60. The number of benzene rings is 1. The molecule has 0 N–H and O–H groups in total. The Morgan fingerprint density at radius 1 is 1.18 bits per heavy atom. The smallest absolute Gasteiger partial charge is 0.277 e. The van der Waals surface area contributed by atoms with Crippen molar-refractivity contribution in [3.05, 3.63) is 55.6 Å². The summed E-state index contributed by atoms with van der Waals surface area (Å²) in [5.74, 6) is 0.659. The summed E-state index contributed by atoms with van der Waals surface area (Å²) in [5, 5.41) is 8.32. The molecule has 114 valence electrons. The maximum Gasteiger partial charge on any atom is 0.277 e. The largest absolute Gasteiger partial charge is 0.411 e. The van der Waals surface area contributed by atoms with Gasteiger partial charge in [0.05, 0.1) is 5.75 Å². The fourth-order valence-electron chi connectivity index (χ4n) is 1.77. The van der Waals surface area contributed by atoms with Crippen LogP contribution in [-0.2, 0) is 4.79 Å². The van der Waals surface area contributed by atoms with Crippen molar-refractivity contribution in [2.45, 2.75) is 5.22 Å². The summed E-state index contributed by atoms with van der Waals surface area (Å²) in [7, 11) is 0. The minimum absolute atomic E-state index is 0.0238. The van der Waals surface area contributed by atoms with E-state index in [2.05, 4.69) is 23.4 Å². The standard InChI is InChI=1S/C16H17N3O2S/c1-3-10-19(11-4-2)14(20)12-22-16-18-17-15(21-16)13-8-6-5-7-9-13/h3-9H,1-2,10-12H2. The molecule has 0 atom stereocenters. The molecule has 1 amide bonds. The van der Waals surface area contributed by atoms with Crippen LogP contribution in [0.4, 0.5) is 0 Å². The zero-order chi connectivity index (χ0) is 15.8. The van der Waals surface area contributed by atoms with Crippen molar-refractivity contribution in [2.75, 3.05) is 18.8 Å². The Kier molecular flexibility index (Phi) is 5.97. The van der Waals surface area contributed by atoms with E-state index in [1.807, 2.05) is 30.3 Å². The van der Waals surface area contributed by atoms with Crippen molar-refractivity contribution in [3.8, 4) is 11.5 Å². The van der Waals surface area contributed by atoms with Crippen molar-refractivity contribution in [2.24, 2.45) is 0 Å². The van der Waals surface area contributed by atoms with Crippen molar-refractivity contribution in [1.82, 2.24) is 15.1 Å². The lowest BCUT2D eigenvalue weighted by atomic mass is 10.2. The van der Waals surface area contributed by atoms with Gasteiger partial charge in [0.15, 0.2) is 0 Å². The molecule has 1 heterocycles. The normalized spacial score (nSPS) is 10.2. The summed E-state index contributed by atoms with van der Waals surface area (Å²) in [6, 6.07) is 9.50. The maximum atomic E-state index is 12.1. The molecule has 6 heteroatoms. The van der Waals surface area contributed by atoms with Crippen LogP contribution in [0.25, 0.3) is 11.5 Å². The SMILES string of the molecule is C=CCN(CC=C)C(=O)CSc1nnc(-c2ccccc2)o1. The molecule has 0 spiro atoms. The highest BCUT2D eigenvalue weighted by Crippen LogP contribution is 2.23. The molecule has 0 aliphatic carbocycles. The van der Waals surface area contributed by atoms with Gasteiger partial charge in [-0.05, 0) is 12.1 Å². The number of hydrogen-bond donors (Lipinski definition) is 0. The highest BCUT2D eigenvalue weighted by molar-refractivity contribution is 7.99. The quantitative estimate of drug-likeness (QED) is 0.553. The third-order valence-electron chi connectivity index (χ3n) is 2.80. The number of hydrogen-bond acceptors (Lipinski definition) is 5.